The summed E-state index contributed by atoms with van der Waals surface area (Å²) in [6.45, 7) is 2.01. The van der Waals surface area contributed by atoms with Crippen molar-refractivity contribution in [3.63, 3.8) is 0 Å². The van der Waals surface area contributed by atoms with Gasteiger partial charge in [-0.1, -0.05) is 0 Å². The van der Waals surface area contributed by atoms with Crippen molar-refractivity contribution in [1.29, 1.82) is 0 Å². The Morgan fingerprint density at radius 3 is 2.88 bits per heavy atom. The highest BCUT2D eigenvalue weighted by atomic mass is 16.5. The zero-order chi connectivity index (χ0) is 11.5. The molecule has 0 atom stereocenters. The second-order valence-electron chi connectivity index (χ2n) is 3.65. The molecule has 5 heteroatoms. The maximum atomic E-state index is 11.5. The number of carbonyl (C=O) groups is 2. The molecule has 0 aromatic carbocycles. The Morgan fingerprint density at radius 1 is 1.56 bits per heavy atom. The van der Waals surface area contributed by atoms with E-state index >= 15 is 0 Å². The molecule has 1 aliphatic carbocycles. The van der Waals surface area contributed by atoms with Crippen LogP contribution in [0.15, 0.2) is 6.07 Å². The predicted octanol–water partition coefficient (Wildman–Crippen LogP) is 1.34. The van der Waals surface area contributed by atoms with Crippen LogP contribution in [0.2, 0.25) is 0 Å². The van der Waals surface area contributed by atoms with Crippen molar-refractivity contribution in [2.45, 2.75) is 25.7 Å². The van der Waals surface area contributed by atoms with E-state index in [0.29, 0.717) is 18.0 Å². The molecule has 0 radical (unpaired) electrons. The summed E-state index contributed by atoms with van der Waals surface area (Å²) in [5, 5.41) is 0. The van der Waals surface area contributed by atoms with E-state index in [-0.39, 0.29) is 18.0 Å². The minimum Gasteiger partial charge on any atom is -0.461 e. The van der Waals surface area contributed by atoms with Gasteiger partial charge in [0.05, 0.1) is 6.61 Å². The summed E-state index contributed by atoms with van der Waals surface area (Å²) >= 11 is 0. The minimum atomic E-state index is -0.505. The molecule has 0 amide bonds. The number of hydrogen-bond donors (Lipinski definition) is 0. The smallest absolute Gasteiger partial charge is 0.357 e. The lowest BCUT2D eigenvalue weighted by Gasteiger charge is -2.03. The van der Waals surface area contributed by atoms with Crippen molar-refractivity contribution in [2.24, 2.45) is 0 Å². The molecular formula is C11H12N2O3. The number of ether oxygens (including phenoxy) is 1. The van der Waals surface area contributed by atoms with Gasteiger partial charge in [-0.2, -0.15) is 0 Å². The number of aldehydes is 1. The average Bonchev–Trinajstić information content (AvgIpc) is 3.12. The summed E-state index contributed by atoms with van der Waals surface area (Å²) in [7, 11) is 0. The molecule has 1 aliphatic rings. The molecule has 1 saturated carbocycles. The number of hydrogen-bond acceptors (Lipinski definition) is 5. The first-order valence-electron chi connectivity index (χ1n) is 5.26. The van der Waals surface area contributed by atoms with Gasteiger partial charge in [-0.3, -0.25) is 4.79 Å². The lowest BCUT2D eigenvalue weighted by molar-refractivity contribution is 0.0519. The molecule has 16 heavy (non-hydrogen) atoms. The first kappa shape index (κ1) is 10.7. The van der Waals surface area contributed by atoms with E-state index in [0.717, 1.165) is 12.8 Å². The Hall–Kier alpha value is -1.78. The summed E-state index contributed by atoms with van der Waals surface area (Å²) in [5.41, 5.74) is 0.404. The monoisotopic (exact) mass is 220 g/mol. The number of rotatable bonds is 4. The highest BCUT2D eigenvalue weighted by molar-refractivity contribution is 5.89. The van der Waals surface area contributed by atoms with Crippen LogP contribution >= 0.6 is 0 Å². The van der Waals surface area contributed by atoms with Gasteiger partial charge in [-0.15, -0.1) is 0 Å². The lowest BCUT2D eigenvalue weighted by Crippen LogP contribution is -2.11. The molecule has 5 nitrogen and oxygen atoms in total. The van der Waals surface area contributed by atoms with Crippen molar-refractivity contribution in [2.75, 3.05) is 6.61 Å². The maximum absolute atomic E-state index is 11.5. The second-order valence-corrected chi connectivity index (χ2v) is 3.65. The second kappa shape index (κ2) is 4.38. The predicted molar refractivity (Wildman–Crippen MR) is 55.4 cm³/mol. The van der Waals surface area contributed by atoms with Gasteiger partial charge >= 0.3 is 5.97 Å². The van der Waals surface area contributed by atoms with Crippen LogP contribution in [0.1, 0.15) is 52.5 Å². The molecule has 1 heterocycles. The Balaban J connectivity index is 2.32. The molecule has 0 unspecified atom stereocenters. The molecule has 0 spiro atoms. The Labute approximate surface area is 92.9 Å². The highest BCUT2D eigenvalue weighted by Gasteiger charge is 2.28. The summed E-state index contributed by atoms with van der Waals surface area (Å²) in [6.07, 6.45) is 2.66. The van der Waals surface area contributed by atoms with Gasteiger partial charge in [-0.05, 0) is 19.8 Å². The van der Waals surface area contributed by atoms with Gasteiger partial charge in [0.1, 0.15) is 11.5 Å². The molecular weight excluding hydrogens is 208 g/mol. The number of carbonyl (C=O) groups excluding carboxylic acids is 2. The van der Waals surface area contributed by atoms with Gasteiger partial charge in [0.2, 0.25) is 0 Å². The van der Waals surface area contributed by atoms with E-state index in [9.17, 15) is 9.59 Å². The van der Waals surface area contributed by atoms with E-state index < -0.39 is 5.97 Å². The van der Waals surface area contributed by atoms with E-state index in [1.165, 1.54) is 6.07 Å². The molecule has 0 saturated heterocycles. The standard InChI is InChI=1S/C11H12N2O3/c1-2-16-11(15)9-5-8(6-14)12-10(13-9)7-3-4-7/h5-7H,2-4H2,1H3. The van der Waals surface area contributed by atoms with Crippen molar-refractivity contribution >= 4 is 12.3 Å². The quantitative estimate of drug-likeness (QED) is 0.565. The van der Waals surface area contributed by atoms with Crippen LogP contribution in [-0.4, -0.2) is 28.8 Å². The fraction of sp³-hybridized carbons (Fsp3) is 0.455. The third kappa shape index (κ3) is 2.24. The molecule has 0 N–H and O–H groups in total. The van der Waals surface area contributed by atoms with Crippen molar-refractivity contribution in [1.82, 2.24) is 9.97 Å². The van der Waals surface area contributed by atoms with Crippen molar-refractivity contribution in [3.05, 3.63) is 23.3 Å². The van der Waals surface area contributed by atoms with Crippen LogP contribution < -0.4 is 0 Å². The Morgan fingerprint density at radius 2 is 2.31 bits per heavy atom. The fourth-order valence-electron chi connectivity index (χ4n) is 1.38. The number of nitrogens with zero attached hydrogens (tertiary/aromatic N) is 2. The normalized spacial score (nSPS) is 14.6. The molecule has 1 fully saturated rings. The topological polar surface area (TPSA) is 69.2 Å². The van der Waals surface area contributed by atoms with Crippen LogP contribution in [0.3, 0.4) is 0 Å². The zero-order valence-corrected chi connectivity index (χ0v) is 8.97. The zero-order valence-electron chi connectivity index (χ0n) is 8.97. The summed E-state index contributed by atoms with van der Waals surface area (Å²) in [4.78, 5) is 30.4. The lowest BCUT2D eigenvalue weighted by atomic mass is 10.3. The molecule has 2 rings (SSSR count). The van der Waals surface area contributed by atoms with Gasteiger partial charge in [0, 0.05) is 12.0 Å². The van der Waals surface area contributed by atoms with Crippen molar-refractivity contribution < 1.29 is 14.3 Å². The van der Waals surface area contributed by atoms with Gasteiger partial charge < -0.3 is 4.74 Å². The van der Waals surface area contributed by atoms with E-state index in [4.69, 9.17) is 4.74 Å². The van der Waals surface area contributed by atoms with Crippen LogP contribution in [0, 0.1) is 0 Å². The molecule has 84 valence electrons. The molecule has 0 aliphatic heterocycles. The number of esters is 1. The maximum Gasteiger partial charge on any atom is 0.357 e. The molecule has 0 bridgehead atoms. The molecule has 1 aromatic rings. The first-order valence-corrected chi connectivity index (χ1v) is 5.26. The van der Waals surface area contributed by atoms with Gasteiger partial charge in [0.25, 0.3) is 0 Å². The van der Waals surface area contributed by atoms with Gasteiger partial charge in [0.15, 0.2) is 12.0 Å². The SMILES string of the molecule is CCOC(=O)c1cc(C=O)nc(C2CC2)n1. The third-order valence-corrected chi connectivity index (χ3v) is 2.31. The number of aromatic nitrogens is 2. The van der Waals surface area contributed by atoms with Crippen LogP contribution in [-0.2, 0) is 4.74 Å². The van der Waals surface area contributed by atoms with E-state index in [1.807, 2.05) is 0 Å². The summed E-state index contributed by atoms with van der Waals surface area (Å²) in [5.74, 6) is 0.371. The average molecular weight is 220 g/mol. The Bertz CT molecular complexity index is 427. The first-order chi connectivity index (χ1) is 7.74. The van der Waals surface area contributed by atoms with Gasteiger partial charge in [-0.25, -0.2) is 14.8 Å². The fourth-order valence-corrected chi connectivity index (χ4v) is 1.38. The van der Waals surface area contributed by atoms with E-state index in [2.05, 4.69) is 9.97 Å². The van der Waals surface area contributed by atoms with Crippen molar-refractivity contribution in [3.8, 4) is 0 Å². The molecule has 1 aromatic heterocycles. The summed E-state index contributed by atoms with van der Waals surface area (Å²) in [6, 6.07) is 1.36. The van der Waals surface area contributed by atoms with Crippen LogP contribution in [0.25, 0.3) is 0 Å². The van der Waals surface area contributed by atoms with E-state index in [1.54, 1.807) is 6.92 Å². The van der Waals surface area contributed by atoms with Crippen LogP contribution in [0.5, 0.6) is 0 Å². The summed E-state index contributed by atoms with van der Waals surface area (Å²) < 4.78 is 4.84. The third-order valence-electron chi connectivity index (χ3n) is 2.31. The van der Waals surface area contributed by atoms with Crippen LogP contribution in [0.4, 0.5) is 0 Å². The minimum absolute atomic E-state index is 0.167. The largest absolute Gasteiger partial charge is 0.461 e. The Kier molecular flexibility index (Phi) is 2.94. The highest BCUT2D eigenvalue weighted by Crippen LogP contribution is 2.37.